The molecule has 0 unspecified atom stereocenters. The number of carboxylic acid groups (broad SMARTS) is 1. The monoisotopic (exact) mass is 325 g/mol. The summed E-state index contributed by atoms with van der Waals surface area (Å²) in [6, 6.07) is 11.3. The van der Waals surface area contributed by atoms with E-state index in [1.807, 2.05) is 0 Å². The van der Waals surface area contributed by atoms with Crippen molar-refractivity contribution in [2.45, 2.75) is 0 Å². The minimum absolute atomic E-state index is 0.00404. The molecule has 0 bridgehead atoms. The number of carbonyl (C=O) groups is 1. The van der Waals surface area contributed by atoms with Gasteiger partial charge in [-0.1, -0.05) is 29.8 Å². The van der Waals surface area contributed by atoms with Gasteiger partial charge in [0.1, 0.15) is 0 Å². The summed E-state index contributed by atoms with van der Waals surface area (Å²) in [7, 11) is -3.37. The first kappa shape index (κ1) is 15.3. The smallest absolute Gasteiger partial charge is 0.337 e. The molecule has 0 atom stereocenters. The highest BCUT2D eigenvalue weighted by atomic mass is 35.5. The molecule has 0 saturated carbocycles. The number of nitrogens with one attached hydrogen (secondary N) is 1. The maximum Gasteiger partial charge on any atom is 0.337 e. The first-order chi connectivity index (χ1) is 9.76. The molecule has 7 heteroatoms. The highest BCUT2D eigenvalue weighted by molar-refractivity contribution is 7.92. The summed E-state index contributed by atoms with van der Waals surface area (Å²) in [5.41, 5.74) is 1.72. The van der Waals surface area contributed by atoms with Gasteiger partial charge in [-0.25, -0.2) is 13.2 Å². The summed E-state index contributed by atoms with van der Waals surface area (Å²) in [6.45, 7) is 0. The van der Waals surface area contributed by atoms with Crippen molar-refractivity contribution in [1.82, 2.24) is 0 Å². The van der Waals surface area contributed by atoms with E-state index in [4.69, 9.17) is 16.7 Å². The van der Waals surface area contributed by atoms with Crippen LogP contribution in [0.4, 0.5) is 5.69 Å². The van der Waals surface area contributed by atoms with Crippen molar-refractivity contribution in [1.29, 1.82) is 0 Å². The van der Waals surface area contributed by atoms with E-state index >= 15 is 0 Å². The molecule has 0 spiro atoms. The van der Waals surface area contributed by atoms with Crippen LogP contribution in [0.2, 0.25) is 5.02 Å². The largest absolute Gasteiger partial charge is 0.478 e. The maximum atomic E-state index is 11.2. The zero-order valence-electron chi connectivity index (χ0n) is 11.0. The van der Waals surface area contributed by atoms with E-state index in [1.54, 1.807) is 30.3 Å². The molecule has 0 saturated heterocycles. The molecule has 21 heavy (non-hydrogen) atoms. The number of hydrogen-bond acceptors (Lipinski definition) is 3. The lowest BCUT2D eigenvalue weighted by molar-refractivity contribution is 0.0697. The molecule has 5 nitrogen and oxygen atoms in total. The van der Waals surface area contributed by atoms with Crippen molar-refractivity contribution in [2.24, 2.45) is 0 Å². The van der Waals surface area contributed by atoms with Gasteiger partial charge in [0.25, 0.3) is 0 Å². The zero-order chi connectivity index (χ0) is 15.6. The van der Waals surface area contributed by atoms with E-state index in [2.05, 4.69) is 4.72 Å². The standard InChI is InChI=1S/C14H12ClNO4S/c1-21(19,20)16-11-4-2-3-9(7-11)10-5-6-13(15)12(8-10)14(17)18/h2-8,16H,1H3,(H,17,18). The van der Waals surface area contributed by atoms with Gasteiger partial charge in [0.15, 0.2) is 0 Å². The molecule has 0 aliphatic heterocycles. The number of carboxylic acids is 1. The van der Waals surface area contributed by atoms with Crippen LogP contribution in [0, 0.1) is 0 Å². The molecule has 2 aromatic rings. The molecular formula is C14H12ClNO4S. The van der Waals surface area contributed by atoms with Crippen LogP contribution < -0.4 is 4.72 Å². The van der Waals surface area contributed by atoms with Gasteiger partial charge in [0.05, 0.1) is 16.8 Å². The van der Waals surface area contributed by atoms with E-state index in [0.29, 0.717) is 16.8 Å². The predicted molar refractivity (Wildman–Crippen MR) is 82.3 cm³/mol. The molecule has 110 valence electrons. The average Bonchev–Trinajstić information content (AvgIpc) is 2.37. The summed E-state index contributed by atoms with van der Waals surface area (Å²) >= 11 is 5.82. The fourth-order valence-corrected chi connectivity index (χ4v) is 2.60. The number of hydrogen-bond donors (Lipinski definition) is 2. The topological polar surface area (TPSA) is 83.5 Å². The Bertz CT molecular complexity index is 802. The van der Waals surface area contributed by atoms with E-state index in [9.17, 15) is 13.2 Å². The fraction of sp³-hybridized carbons (Fsp3) is 0.0714. The lowest BCUT2D eigenvalue weighted by Gasteiger charge is -2.08. The summed E-state index contributed by atoms with van der Waals surface area (Å²) in [5, 5.41) is 9.22. The molecule has 0 radical (unpaired) electrons. The van der Waals surface area contributed by atoms with Gasteiger partial charge in [0, 0.05) is 5.69 Å². The highest BCUT2D eigenvalue weighted by Crippen LogP contribution is 2.27. The second-order valence-corrected chi connectivity index (χ2v) is 6.61. The Morgan fingerprint density at radius 3 is 2.43 bits per heavy atom. The Hall–Kier alpha value is -2.05. The van der Waals surface area contributed by atoms with Crippen molar-refractivity contribution >= 4 is 33.3 Å². The molecule has 0 aromatic heterocycles. The molecule has 0 aliphatic carbocycles. The third-order valence-corrected chi connectivity index (χ3v) is 3.63. The van der Waals surface area contributed by atoms with Crippen molar-refractivity contribution in [2.75, 3.05) is 11.0 Å². The first-order valence-corrected chi connectivity index (χ1v) is 8.14. The van der Waals surface area contributed by atoms with E-state index in [-0.39, 0.29) is 10.6 Å². The normalized spacial score (nSPS) is 11.1. The Morgan fingerprint density at radius 2 is 1.81 bits per heavy atom. The van der Waals surface area contributed by atoms with Gasteiger partial charge in [0.2, 0.25) is 10.0 Å². The molecule has 2 aromatic carbocycles. The van der Waals surface area contributed by atoms with E-state index < -0.39 is 16.0 Å². The number of halogens is 1. The van der Waals surface area contributed by atoms with Gasteiger partial charge >= 0.3 is 5.97 Å². The summed E-state index contributed by atoms with van der Waals surface area (Å²) in [6.07, 6.45) is 1.06. The van der Waals surface area contributed by atoms with Crippen LogP contribution in [-0.2, 0) is 10.0 Å². The van der Waals surface area contributed by atoms with E-state index in [1.165, 1.54) is 12.1 Å². The Balaban J connectivity index is 2.45. The lowest BCUT2D eigenvalue weighted by Crippen LogP contribution is -2.09. The minimum atomic E-state index is -3.37. The second-order valence-electron chi connectivity index (χ2n) is 4.45. The molecule has 2 N–H and O–H groups in total. The highest BCUT2D eigenvalue weighted by Gasteiger charge is 2.11. The van der Waals surface area contributed by atoms with Gasteiger partial charge in [-0.05, 0) is 35.4 Å². The van der Waals surface area contributed by atoms with Gasteiger partial charge in [-0.2, -0.15) is 0 Å². The van der Waals surface area contributed by atoms with Crippen molar-refractivity contribution in [3.05, 3.63) is 53.1 Å². The Morgan fingerprint density at radius 1 is 1.14 bits per heavy atom. The van der Waals surface area contributed by atoms with Crippen LogP contribution in [0.25, 0.3) is 11.1 Å². The number of aromatic carboxylic acids is 1. The number of sulfonamides is 1. The summed E-state index contributed by atoms with van der Waals surface area (Å²) in [5.74, 6) is -1.12. The van der Waals surface area contributed by atoms with Crippen LogP contribution in [0.5, 0.6) is 0 Å². The lowest BCUT2D eigenvalue weighted by atomic mass is 10.0. The minimum Gasteiger partial charge on any atom is -0.478 e. The molecule has 0 amide bonds. The fourth-order valence-electron chi connectivity index (χ4n) is 1.85. The third-order valence-electron chi connectivity index (χ3n) is 2.70. The number of rotatable bonds is 4. The van der Waals surface area contributed by atoms with Crippen LogP contribution in [0.3, 0.4) is 0 Å². The second kappa shape index (κ2) is 5.75. The number of benzene rings is 2. The van der Waals surface area contributed by atoms with Crippen molar-refractivity contribution in [3.63, 3.8) is 0 Å². The molecular weight excluding hydrogens is 314 g/mol. The molecule has 0 aliphatic rings. The maximum absolute atomic E-state index is 11.2. The summed E-state index contributed by atoms with van der Waals surface area (Å²) in [4.78, 5) is 11.1. The van der Waals surface area contributed by atoms with Crippen LogP contribution in [0.15, 0.2) is 42.5 Å². The predicted octanol–water partition coefficient (Wildman–Crippen LogP) is 3.08. The van der Waals surface area contributed by atoms with E-state index in [0.717, 1.165) is 6.26 Å². The molecule has 0 heterocycles. The Kier molecular flexibility index (Phi) is 4.20. The average molecular weight is 326 g/mol. The Labute approximate surface area is 127 Å². The number of anilines is 1. The van der Waals surface area contributed by atoms with Gasteiger partial charge < -0.3 is 5.11 Å². The quantitative estimate of drug-likeness (QED) is 0.904. The first-order valence-electron chi connectivity index (χ1n) is 5.87. The zero-order valence-corrected chi connectivity index (χ0v) is 12.6. The van der Waals surface area contributed by atoms with Gasteiger partial charge in [-0.3, -0.25) is 4.72 Å². The molecule has 0 fully saturated rings. The van der Waals surface area contributed by atoms with Crippen LogP contribution in [0.1, 0.15) is 10.4 Å². The van der Waals surface area contributed by atoms with Crippen LogP contribution >= 0.6 is 11.6 Å². The van der Waals surface area contributed by atoms with Gasteiger partial charge in [-0.15, -0.1) is 0 Å². The SMILES string of the molecule is CS(=O)(=O)Nc1cccc(-c2ccc(Cl)c(C(=O)O)c2)c1. The van der Waals surface area contributed by atoms with Crippen molar-refractivity contribution < 1.29 is 18.3 Å². The third kappa shape index (κ3) is 3.96. The van der Waals surface area contributed by atoms with Crippen molar-refractivity contribution in [3.8, 4) is 11.1 Å². The molecule has 2 rings (SSSR count). The summed E-state index contributed by atoms with van der Waals surface area (Å²) < 4.78 is 24.8. The van der Waals surface area contributed by atoms with Crippen LogP contribution in [-0.4, -0.2) is 25.7 Å².